The van der Waals surface area contributed by atoms with Gasteiger partial charge >= 0.3 is 0 Å². The smallest absolute Gasteiger partial charge is 0.193 e. The molecule has 1 aromatic carbocycles. The number of nitrogens with one attached hydrogen (secondary N) is 1. The summed E-state index contributed by atoms with van der Waals surface area (Å²) in [6, 6.07) is 10.2. The summed E-state index contributed by atoms with van der Waals surface area (Å²) < 4.78 is 4.09. The molecule has 0 bridgehead atoms. The standard InChI is InChI=1S/C22H31N7.HI/c1-4-23-22(25-12-8-9-14-28-15-13-24-19(28)2)27(3)17-20-16-26-29(18-20)21-10-6-5-7-11-21;/h5-7,10-11,13,15-16,18H,4,8-9,12,14,17H2,1-3H3,(H,23,25);1H. The molecule has 30 heavy (non-hydrogen) atoms. The molecule has 3 aromatic rings. The van der Waals surface area contributed by atoms with Crippen molar-refractivity contribution in [1.29, 1.82) is 0 Å². The second kappa shape index (κ2) is 12.4. The van der Waals surface area contributed by atoms with Gasteiger partial charge in [-0.05, 0) is 38.8 Å². The molecule has 0 amide bonds. The second-order valence-electron chi connectivity index (χ2n) is 7.10. The van der Waals surface area contributed by atoms with Crippen LogP contribution >= 0.6 is 24.0 Å². The molecule has 162 valence electrons. The fourth-order valence-corrected chi connectivity index (χ4v) is 3.20. The number of unbranched alkanes of at least 4 members (excludes halogenated alkanes) is 1. The number of nitrogens with zero attached hydrogens (tertiary/aromatic N) is 6. The summed E-state index contributed by atoms with van der Waals surface area (Å²) in [7, 11) is 2.07. The van der Waals surface area contributed by atoms with Crippen molar-refractivity contribution in [2.24, 2.45) is 4.99 Å². The van der Waals surface area contributed by atoms with Gasteiger partial charge in [0.1, 0.15) is 5.82 Å². The van der Waals surface area contributed by atoms with E-state index in [1.54, 1.807) is 0 Å². The molecule has 0 saturated heterocycles. The molecule has 2 aromatic heterocycles. The van der Waals surface area contributed by atoms with Gasteiger partial charge < -0.3 is 14.8 Å². The molecular formula is C22H32IN7. The largest absolute Gasteiger partial charge is 0.357 e. The molecule has 0 atom stereocenters. The molecule has 0 aliphatic carbocycles. The van der Waals surface area contributed by atoms with Crippen LogP contribution in [0.4, 0.5) is 0 Å². The summed E-state index contributed by atoms with van der Waals surface area (Å²) in [6.45, 7) is 7.54. The van der Waals surface area contributed by atoms with Crippen molar-refractivity contribution >= 4 is 29.9 Å². The molecule has 0 aliphatic rings. The van der Waals surface area contributed by atoms with Crippen molar-refractivity contribution in [3.63, 3.8) is 0 Å². The average Bonchev–Trinajstić information content (AvgIpc) is 3.36. The molecule has 2 heterocycles. The number of benzene rings is 1. The number of halogens is 1. The predicted molar refractivity (Wildman–Crippen MR) is 133 cm³/mol. The van der Waals surface area contributed by atoms with Crippen LogP contribution in [0.1, 0.15) is 31.2 Å². The Hall–Kier alpha value is -2.36. The average molecular weight is 521 g/mol. The van der Waals surface area contributed by atoms with Gasteiger partial charge in [-0.25, -0.2) is 9.67 Å². The number of para-hydroxylation sites is 1. The highest BCUT2D eigenvalue weighted by Gasteiger charge is 2.08. The van der Waals surface area contributed by atoms with Crippen molar-refractivity contribution in [2.75, 3.05) is 20.1 Å². The summed E-state index contributed by atoms with van der Waals surface area (Å²) in [5.41, 5.74) is 2.22. The quantitative estimate of drug-likeness (QED) is 0.201. The van der Waals surface area contributed by atoms with Gasteiger partial charge in [-0.15, -0.1) is 24.0 Å². The summed E-state index contributed by atoms with van der Waals surface area (Å²) >= 11 is 0. The number of rotatable bonds is 9. The van der Waals surface area contributed by atoms with Gasteiger partial charge in [-0.3, -0.25) is 4.99 Å². The Bertz CT molecular complexity index is 901. The maximum Gasteiger partial charge on any atom is 0.193 e. The van der Waals surface area contributed by atoms with E-state index in [1.165, 1.54) is 0 Å². The molecule has 0 aliphatic heterocycles. The lowest BCUT2D eigenvalue weighted by molar-refractivity contribution is 0.475. The van der Waals surface area contributed by atoms with Crippen LogP contribution in [-0.2, 0) is 13.1 Å². The van der Waals surface area contributed by atoms with Crippen LogP contribution in [0.2, 0.25) is 0 Å². The minimum Gasteiger partial charge on any atom is -0.357 e. The first-order valence-corrected chi connectivity index (χ1v) is 10.2. The molecule has 1 N–H and O–H groups in total. The summed E-state index contributed by atoms with van der Waals surface area (Å²) in [5.74, 6) is 2.00. The lowest BCUT2D eigenvalue weighted by Gasteiger charge is -2.21. The lowest BCUT2D eigenvalue weighted by atomic mass is 10.3. The normalized spacial score (nSPS) is 11.2. The SMILES string of the molecule is CCNC(=NCCCCn1ccnc1C)N(C)Cc1cnn(-c2ccccc2)c1.I. The van der Waals surface area contributed by atoms with Crippen LogP contribution in [0, 0.1) is 6.92 Å². The first kappa shape index (κ1) is 23.9. The molecular weight excluding hydrogens is 489 g/mol. The summed E-state index contributed by atoms with van der Waals surface area (Å²) in [5, 5.41) is 7.87. The van der Waals surface area contributed by atoms with Gasteiger partial charge in [0, 0.05) is 57.4 Å². The first-order chi connectivity index (χ1) is 14.2. The zero-order valence-corrected chi connectivity index (χ0v) is 20.4. The van der Waals surface area contributed by atoms with Crippen LogP contribution in [0.3, 0.4) is 0 Å². The number of hydrogen-bond acceptors (Lipinski definition) is 3. The third-order valence-corrected chi connectivity index (χ3v) is 4.77. The number of aliphatic imine (C=N–C) groups is 1. The molecule has 0 spiro atoms. The van der Waals surface area contributed by atoms with Crippen LogP contribution in [0.15, 0.2) is 60.1 Å². The predicted octanol–water partition coefficient (Wildman–Crippen LogP) is 3.87. The molecule has 7 nitrogen and oxygen atoms in total. The number of aromatic nitrogens is 4. The van der Waals surface area contributed by atoms with E-state index in [0.717, 1.165) is 62.1 Å². The minimum atomic E-state index is 0. The Kier molecular flexibility index (Phi) is 9.85. The molecule has 0 radical (unpaired) electrons. The molecule has 8 heteroatoms. The van der Waals surface area contributed by atoms with Gasteiger partial charge in [0.05, 0.1) is 11.9 Å². The number of imidazole rings is 1. The van der Waals surface area contributed by atoms with E-state index >= 15 is 0 Å². The Morgan fingerprint density at radius 2 is 2.00 bits per heavy atom. The maximum atomic E-state index is 4.80. The van der Waals surface area contributed by atoms with Gasteiger partial charge in [-0.2, -0.15) is 5.10 Å². The summed E-state index contributed by atoms with van der Waals surface area (Å²) in [6.07, 6.45) is 10.0. The van der Waals surface area contributed by atoms with E-state index in [0.29, 0.717) is 0 Å². The van der Waals surface area contributed by atoms with Gasteiger partial charge in [0.2, 0.25) is 0 Å². The van der Waals surface area contributed by atoms with Crippen molar-refractivity contribution in [3.8, 4) is 5.69 Å². The van der Waals surface area contributed by atoms with E-state index in [-0.39, 0.29) is 24.0 Å². The summed E-state index contributed by atoms with van der Waals surface area (Å²) in [4.78, 5) is 11.2. The van der Waals surface area contributed by atoms with Crippen molar-refractivity contribution in [2.45, 2.75) is 39.8 Å². The fraction of sp³-hybridized carbons (Fsp3) is 0.409. The van der Waals surface area contributed by atoms with Gasteiger partial charge in [0.25, 0.3) is 0 Å². The zero-order valence-electron chi connectivity index (χ0n) is 18.0. The Labute approximate surface area is 196 Å². The highest BCUT2D eigenvalue weighted by Crippen LogP contribution is 2.09. The van der Waals surface area contributed by atoms with E-state index in [9.17, 15) is 0 Å². The molecule has 3 rings (SSSR count). The first-order valence-electron chi connectivity index (χ1n) is 10.2. The van der Waals surface area contributed by atoms with Crippen LogP contribution in [0.25, 0.3) is 5.69 Å². The molecule has 0 fully saturated rings. The van der Waals surface area contributed by atoms with Crippen molar-refractivity contribution in [3.05, 3.63) is 66.5 Å². The molecule has 0 unspecified atom stereocenters. The zero-order chi connectivity index (χ0) is 20.5. The Balaban J connectivity index is 0.00000320. The lowest BCUT2D eigenvalue weighted by Crippen LogP contribution is -2.38. The van der Waals surface area contributed by atoms with Gasteiger partial charge in [0.15, 0.2) is 5.96 Å². The van der Waals surface area contributed by atoms with Crippen LogP contribution in [0.5, 0.6) is 0 Å². The Morgan fingerprint density at radius 1 is 1.20 bits per heavy atom. The fourth-order valence-electron chi connectivity index (χ4n) is 3.20. The van der Waals surface area contributed by atoms with Crippen molar-refractivity contribution < 1.29 is 0 Å². The maximum absolute atomic E-state index is 4.80. The van der Waals surface area contributed by atoms with Gasteiger partial charge in [-0.1, -0.05) is 18.2 Å². The Morgan fingerprint density at radius 3 is 2.70 bits per heavy atom. The third kappa shape index (κ3) is 6.86. The number of guanidine groups is 1. The monoisotopic (exact) mass is 521 g/mol. The van der Waals surface area contributed by atoms with E-state index in [4.69, 9.17) is 4.99 Å². The number of hydrogen-bond donors (Lipinski definition) is 1. The minimum absolute atomic E-state index is 0. The van der Waals surface area contributed by atoms with E-state index in [1.807, 2.05) is 48.4 Å². The third-order valence-electron chi connectivity index (χ3n) is 4.77. The van der Waals surface area contributed by atoms with Crippen LogP contribution < -0.4 is 5.32 Å². The topological polar surface area (TPSA) is 63.3 Å². The highest BCUT2D eigenvalue weighted by molar-refractivity contribution is 14.0. The highest BCUT2D eigenvalue weighted by atomic mass is 127. The second-order valence-corrected chi connectivity index (χ2v) is 7.10. The van der Waals surface area contributed by atoms with E-state index < -0.39 is 0 Å². The van der Waals surface area contributed by atoms with Crippen LogP contribution in [-0.4, -0.2) is 50.3 Å². The molecule has 0 saturated carbocycles. The number of aryl methyl sites for hydroxylation is 2. The van der Waals surface area contributed by atoms with E-state index in [2.05, 4.69) is 57.2 Å². The van der Waals surface area contributed by atoms with Crippen molar-refractivity contribution in [1.82, 2.24) is 29.5 Å².